The lowest BCUT2D eigenvalue weighted by atomic mass is 10.1. The van der Waals surface area contributed by atoms with Crippen molar-refractivity contribution in [1.82, 2.24) is 4.57 Å². The van der Waals surface area contributed by atoms with Crippen molar-refractivity contribution in [2.45, 2.75) is 19.9 Å². The van der Waals surface area contributed by atoms with Gasteiger partial charge in [0.05, 0.1) is 35.8 Å². The summed E-state index contributed by atoms with van der Waals surface area (Å²) in [6, 6.07) is 15.3. The van der Waals surface area contributed by atoms with E-state index in [9.17, 15) is 13.7 Å². The van der Waals surface area contributed by atoms with Crippen LogP contribution in [0.25, 0.3) is 22.2 Å². The molecule has 0 aliphatic carbocycles. The third kappa shape index (κ3) is 3.32. The van der Waals surface area contributed by atoms with Crippen LogP contribution < -0.4 is 9.04 Å². The van der Waals surface area contributed by atoms with Gasteiger partial charge in [-0.1, -0.05) is 12.1 Å². The average molecular weight is 398 g/mol. The third-order valence-corrected chi connectivity index (χ3v) is 6.05. The summed E-state index contributed by atoms with van der Waals surface area (Å²) in [5.41, 5.74) is 3.76. The number of hydrogen-bond acceptors (Lipinski definition) is 4. The Bertz CT molecular complexity index is 1170. The van der Waals surface area contributed by atoms with Gasteiger partial charge in [-0.3, -0.25) is 4.31 Å². The number of hydrogen-bond donors (Lipinski definition) is 0. The Morgan fingerprint density at radius 2 is 1.79 bits per heavy atom. The van der Waals surface area contributed by atoms with Crippen LogP contribution in [0.3, 0.4) is 0 Å². The maximum Gasteiger partial charge on any atom is 0.231 e. The van der Waals surface area contributed by atoms with E-state index in [1.807, 2.05) is 30.3 Å². The molecule has 0 unspecified atom stereocenters. The molecule has 0 radical (unpaired) electrons. The van der Waals surface area contributed by atoms with Crippen molar-refractivity contribution in [3.63, 3.8) is 0 Å². The summed E-state index contributed by atoms with van der Waals surface area (Å²) in [5, 5.41) is 10.7. The number of fused-ring (bicyclic) bond motifs is 1. The second-order valence-corrected chi connectivity index (χ2v) is 8.97. The van der Waals surface area contributed by atoms with Gasteiger partial charge in [0.1, 0.15) is 11.8 Å². The highest BCUT2D eigenvalue weighted by Gasteiger charge is 2.21. The van der Waals surface area contributed by atoms with Crippen LogP contribution >= 0.6 is 0 Å². The first-order chi connectivity index (χ1) is 13.2. The van der Waals surface area contributed by atoms with Crippen molar-refractivity contribution in [2.24, 2.45) is 0 Å². The summed E-state index contributed by atoms with van der Waals surface area (Å²) in [7, 11) is -0.200. The molecule has 0 saturated carbocycles. The summed E-state index contributed by atoms with van der Waals surface area (Å²) < 4.78 is 32.3. The topological polar surface area (TPSA) is 75.3 Å². The van der Waals surface area contributed by atoms with Crippen LogP contribution in [0.2, 0.25) is 0 Å². The minimum atomic E-state index is -3.33. The molecule has 0 aliphatic heterocycles. The number of methoxy groups -OCH3 is 1. The van der Waals surface area contributed by atoms with Gasteiger partial charge in [-0.2, -0.15) is 5.26 Å². The smallest absolute Gasteiger partial charge is 0.231 e. The predicted molar refractivity (Wildman–Crippen MR) is 112 cm³/mol. The summed E-state index contributed by atoms with van der Waals surface area (Å²) in [5.74, 6) is 0.730. The molecule has 0 amide bonds. The van der Waals surface area contributed by atoms with E-state index in [0.29, 0.717) is 11.3 Å². The molecule has 7 heteroatoms. The molecule has 0 N–H and O–H groups in total. The molecule has 1 aromatic heterocycles. The monoisotopic (exact) mass is 397 g/mol. The van der Waals surface area contributed by atoms with Crippen molar-refractivity contribution in [1.29, 1.82) is 5.26 Å². The fourth-order valence-electron chi connectivity index (χ4n) is 3.37. The van der Waals surface area contributed by atoms with Crippen molar-refractivity contribution in [2.75, 3.05) is 24.7 Å². The fourth-order valence-corrected chi connectivity index (χ4v) is 3.88. The Hall–Kier alpha value is -2.98. The quantitative estimate of drug-likeness (QED) is 0.648. The van der Waals surface area contributed by atoms with Crippen LogP contribution in [0.5, 0.6) is 5.75 Å². The summed E-state index contributed by atoms with van der Waals surface area (Å²) >= 11 is 0. The maximum atomic E-state index is 11.8. The van der Waals surface area contributed by atoms with E-state index in [-0.39, 0.29) is 6.04 Å². The number of anilines is 1. The number of ether oxygens (including phenoxy) is 1. The van der Waals surface area contributed by atoms with E-state index in [0.717, 1.165) is 27.9 Å². The van der Waals surface area contributed by atoms with Crippen molar-refractivity contribution >= 4 is 26.6 Å². The normalized spacial score (nSPS) is 11.6. The molecule has 0 fully saturated rings. The first kappa shape index (κ1) is 19.8. The number of rotatable bonds is 5. The number of nitriles is 1. The number of benzene rings is 2. The van der Waals surface area contributed by atoms with Crippen LogP contribution in [-0.4, -0.2) is 33.4 Å². The highest BCUT2D eigenvalue weighted by molar-refractivity contribution is 7.92. The molecule has 0 saturated heterocycles. The van der Waals surface area contributed by atoms with Crippen molar-refractivity contribution < 1.29 is 13.2 Å². The minimum Gasteiger partial charge on any atom is -0.497 e. The van der Waals surface area contributed by atoms with Crippen LogP contribution in [0, 0.1) is 11.3 Å². The number of aromatic nitrogens is 1. The molecule has 1 heterocycles. The standard InChI is InChI=1S/C21H23N3O3S/c1-14(2)24-20-12-17(27-4)10-11-18(20)19(13-22)21(24)15-6-8-16(9-7-15)23(3)28(5,25)26/h6-12,14H,1-5H3. The van der Waals surface area contributed by atoms with Crippen LogP contribution in [0.15, 0.2) is 42.5 Å². The maximum absolute atomic E-state index is 11.8. The van der Waals surface area contributed by atoms with Crippen molar-refractivity contribution in [3.8, 4) is 23.1 Å². The molecule has 0 bridgehead atoms. The molecule has 28 heavy (non-hydrogen) atoms. The molecular weight excluding hydrogens is 374 g/mol. The molecule has 3 rings (SSSR count). The van der Waals surface area contributed by atoms with Crippen LogP contribution in [-0.2, 0) is 10.0 Å². The zero-order valence-electron chi connectivity index (χ0n) is 16.6. The highest BCUT2D eigenvalue weighted by Crippen LogP contribution is 2.38. The third-order valence-electron chi connectivity index (χ3n) is 4.84. The van der Waals surface area contributed by atoms with Crippen molar-refractivity contribution in [3.05, 3.63) is 48.0 Å². The van der Waals surface area contributed by atoms with E-state index in [1.54, 1.807) is 19.2 Å². The first-order valence-corrected chi connectivity index (χ1v) is 10.7. The Morgan fingerprint density at radius 3 is 2.29 bits per heavy atom. The van der Waals surface area contributed by atoms with Gasteiger partial charge in [0.15, 0.2) is 0 Å². The van der Waals surface area contributed by atoms with Gasteiger partial charge in [-0.25, -0.2) is 8.42 Å². The fraction of sp³-hybridized carbons (Fsp3) is 0.286. The molecular formula is C21H23N3O3S. The van der Waals surface area contributed by atoms with Gasteiger partial charge in [0.2, 0.25) is 10.0 Å². The Kier molecular flexibility index (Phi) is 5.09. The van der Waals surface area contributed by atoms with Crippen LogP contribution in [0.1, 0.15) is 25.5 Å². The highest BCUT2D eigenvalue weighted by atomic mass is 32.2. The molecule has 2 aromatic carbocycles. The Balaban J connectivity index is 2.25. The number of sulfonamides is 1. The lowest BCUT2D eigenvalue weighted by Crippen LogP contribution is -2.24. The Morgan fingerprint density at radius 1 is 1.14 bits per heavy atom. The largest absolute Gasteiger partial charge is 0.497 e. The Labute approximate surface area is 165 Å². The molecule has 3 aromatic rings. The van der Waals surface area contributed by atoms with E-state index in [1.165, 1.54) is 17.6 Å². The summed E-state index contributed by atoms with van der Waals surface area (Å²) in [6.45, 7) is 4.13. The zero-order chi connectivity index (χ0) is 20.6. The first-order valence-electron chi connectivity index (χ1n) is 8.85. The molecule has 0 spiro atoms. The van der Waals surface area contributed by atoms with E-state index in [4.69, 9.17) is 4.74 Å². The van der Waals surface area contributed by atoms with Gasteiger partial charge < -0.3 is 9.30 Å². The predicted octanol–water partition coefficient (Wildman–Crippen LogP) is 4.17. The minimum absolute atomic E-state index is 0.116. The molecule has 0 atom stereocenters. The van der Waals surface area contributed by atoms with Gasteiger partial charge >= 0.3 is 0 Å². The average Bonchev–Trinajstić information content (AvgIpc) is 3.00. The van der Waals surface area contributed by atoms with Gasteiger partial charge in [-0.05, 0) is 43.7 Å². The van der Waals surface area contributed by atoms with Gasteiger partial charge in [-0.15, -0.1) is 0 Å². The molecule has 146 valence electrons. The van der Waals surface area contributed by atoms with Gasteiger partial charge in [0.25, 0.3) is 0 Å². The van der Waals surface area contributed by atoms with Gasteiger partial charge in [0, 0.05) is 24.5 Å². The lowest BCUT2D eigenvalue weighted by Gasteiger charge is -2.18. The molecule has 6 nitrogen and oxygen atoms in total. The van der Waals surface area contributed by atoms with E-state index >= 15 is 0 Å². The second kappa shape index (κ2) is 7.21. The lowest BCUT2D eigenvalue weighted by molar-refractivity contribution is 0.415. The molecule has 0 aliphatic rings. The van der Waals surface area contributed by atoms with E-state index in [2.05, 4.69) is 24.5 Å². The zero-order valence-corrected chi connectivity index (χ0v) is 17.4. The second-order valence-electron chi connectivity index (χ2n) is 6.96. The summed E-state index contributed by atoms with van der Waals surface area (Å²) in [4.78, 5) is 0. The summed E-state index contributed by atoms with van der Waals surface area (Å²) in [6.07, 6.45) is 1.17. The van der Waals surface area contributed by atoms with E-state index < -0.39 is 10.0 Å². The SMILES string of the molecule is COc1ccc2c(C#N)c(-c3ccc(N(C)S(C)(=O)=O)cc3)n(C(C)C)c2c1. The number of nitrogens with zero attached hydrogens (tertiary/aromatic N) is 3. The van der Waals surface area contributed by atoms with Crippen LogP contribution in [0.4, 0.5) is 5.69 Å².